The summed E-state index contributed by atoms with van der Waals surface area (Å²) >= 11 is 0. The Hall–Kier alpha value is -0.570. The van der Waals surface area contributed by atoms with E-state index in [1.807, 2.05) is 0 Å². The van der Waals surface area contributed by atoms with Crippen LogP contribution >= 0.6 is 0 Å². The van der Waals surface area contributed by atoms with Gasteiger partial charge in [0.05, 0.1) is 0 Å². The van der Waals surface area contributed by atoms with E-state index in [9.17, 15) is 4.79 Å². The van der Waals surface area contributed by atoms with E-state index in [2.05, 4.69) is 11.8 Å². The molecule has 0 bridgehead atoms. The quantitative estimate of drug-likeness (QED) is 0.840. The molecule has 122 valence electrons. The maximum Gasteiger partial charge on any atom is 0.222 e. The normalized spacial score (nSPS) is 31.0. The van der Waals surface area contributed by atoms with E-state index < -0.39 is 0 Å². The summed E-state index contributed by atoms with van der Waals surface area (Å²) in [7, 11) is 0. The highest BCUT2D eigenvalue weighted by atomic mass is 16.2. The van der Waals surface area contributed by atoms with Crippen LogP contribution in [0, 0.1) is 11.8 Å². The third kappa shape index (κ3) is 5.61. The predicted molar refractivity (Wildman–Crippen MR) is 88.0 cm³/mol. The third-order valence-corrected chi connectivity index (χ3v) is 5.56. The van der Waals surface area contributed by atoms with Gasteiger partial charge in [-0.3, -0.25) is 4.79 Å². The molecule has 1 aliphatic heterocycles. The highest BCUT2D eigenvalue weighted by Crippen LogP contribution is 2.28. The number of carbonyl (C=O) groups is 1. The third-order valence-electron chi connectivity index (χ3n) is 5.56. The Balaban J connectivity index is 1.68. The lowest BCUT2D eigenvalue weighted by Crippen LogP contribution is -2.32. The number of likely N-dealkylation sites (tertiary alicyclic amines) is 1. The van der Waals surface area contributed by atoms with Gasteiger partial charge in [-0.15, -0.1) is 0 Å². The zero-order chi connectivity index (χ0) is 15.1. The number of amides is 1. The first-order valence-electron chi connectivity index (χ1n) is 9.22. The second-order valence-corrected chi connectivity index (χ2v) is 7.29. The van der Waals surface area contributed by atoms with Crippen molar-refractivity contribution < 1.29 is 4.79 Å². The van der Waals surface area contributed by atoms with E-state index >= 15 is 0 Å². The van der Waals surface area contributed by atoms with Gasteiger partial charge in [0.15, 0.2) is 0 Å². The lowest BCUT2D eigenvalue weighted by Gasteiger charge is -2.27. The van der Waals surface area contributed by atoms with Gasteiger partial charge < -0.3 is 10.6 Å². The molecule has 1 saturated carbocycles. The summed E-state index contributed by atoms with van der Waals surface area (Å²) in [5, 5.41) is 0. The highest BCUT2D eigenvalue weighted by Gasteiger charge is 2.23. The van der Waals surface area contributed by atoms with Gasteiger partial charge in [0.25, 0.3) is 0 Å². The summed E-state index contributed by atoms with van der Waals surface area (Å²) in [6.45, 7) is 4.26. The van der Waals surface area contributed by atoms with Crippen molar-refractivity contribution in [3.8, 4) is 0 Å². The molecule has 1 amide bonds. The molecule has 0 aromatic carbocycles. The van der Waals surface area contributed by atoms with Crippen LogP contribution in [0.1, 0.15) is 77.6 Å². The first-order chi connectivity index (χ1) is 10.2. The van der Waals surface area contributed by atoms with Crippen molar-refractivity contribution in [3.05, 3.63) is 0 Å². The van der Waals surface area contributed by atoms with Gasteiger partial charge in [0.2, 0.25) is 5.91 Å². The monoisotopic (exact) mass is 294 g/mol. The highest BCUT2D eigenvalue weighted by molar-refractivity contribution is 5.76. The minimum atomic E-state index is 0.405. The number of hydrogen-bond acceptors (Lipinski definition) is 2. The molecule has 1 atom stereocenters. The van der Waals surface area contributed by atoms with E-state index in [1.165, 1.54) is 44.9 Å². The fraction of sp³-hybridized carbons (Fsp3) is 0.944. The van der Waals surface area contributed by atoms with Crippen LogP contribution in [0.3, 0.4) is 0 Å². The zero-order valence-electron chi connectivity index (χ0n) is 13.9. The molecule has 3 heteroatoms. The Morgan fingerprint density at radius 3 is 2.43 bits per heavy atom. The molecule has 0 radical (unpaired) electrons. The van der Waals surface area contributed by atoms with Gasteiger partial charge in [-0.2, -0.15) is 0 Å². The molecular weight excluding hydrogens is 260 g/mol. The van der Waals surface area contributed by atoms with Gasteiger partial charge in [-0.25, -0.2) is 0 Å². The number of nitrogens with two attached hydrogens (primary N) is 1. The van der Waals surface area contributed by atoms with Crippen molar-refractivity contribution in [2.45, 2.75) is 83.6 Å². The minimum absolute atomic E-state index is 0.405. The average molecular weight is 294 g/mol. The van der Waals surface area contributed by atoms with E-state index in [1.54, 1.807) is 0 Å². The van der Waals surface area contributed by atoms with Gasteiger partial charge in [-0.05, 0) is 63.2 Å². The Labute approximate surface area is 130 Å². The Morgan fingerprint density at radius 2 is 1.71 bits per heavy atom. The minimum Gasteiger partial charge on any atom is -0.343 e. The van der Waals surface area contributed by atoms with Crippen LogP contribution < -0.4 is 5.73 Å². The smallest absolute Gasteiger partial charge is 0.222 e. The molecule has 2 aliphatic rings. The van der Waals surface area contributed by atoms with Crippen LogP contribution in [0.2, 0.25) is 0 Å². The average Bonchev–Trinajstić information content (AvgIpc) is 2.72. The van der Waals surface area contributed by atoms with Crippen LogP contribution in [0.15, 0.2) is 0 Å². The summed E-state index contributed by atoms with van der Waals surface area (Å²) in [6, 6.07) is 0.415. The number of nitrogens with zero attached hydrogens (tertiary/aromatic N) is 1. The maximum atomic E-state index is 12.4. The molecule has 1 aliphatic carbocycles. The standard InChI is InChI=1S/C18H34N2O/c1-2-4-15-5-3-13-20(14-12-15)18(21)11-8-16-6-9-17(19)10-7-16/h15-17H,2-14,19H2,1H3. The Morgan fingerprint density at radius 1 is 1.00 bits per heavy atom. The summed E-state index contributed by atoms with van der Waals surface area (Å²) in [5.41, 5.74) is 5.95. The molecule has 3 nitrogen and oxygen atoms in total. The second kappa shape index (κ2) is 8.77. The maximum absolute atomic E-state index is 12.4. The Kier molecular flexibility index (Phi) is 7.01. The molecule has 2 N–H and O–H groups in total. The fourth-order valence-corrected chi connectivity index (χ4v) is 4.07. The van der Waals surface area contributed by atoms with Crippen molar-refractivity contribution in [1.29, 1.82) is 0 Å². The van der Waals surface area contributed by atoms with E-state index in [-0.39, 0.29) is 0 Å². The summed E-state index contributed by atoms with van der Waals surface area (Å²) < 4.78 is 0. The SMILES string of the molecule is CCCC1CCCN(C(=O)CCC2CCC(N)CC2)CC1. The van der Waals surface area contributed by atoms with Crippen LogP contribution in [-0.2, 0) is 4.79 Å². The lowest BCUT2D eigenvalue weighted by atomic mass is 9.84. The van der Waals surface area contributed by atoms with E-state index in [0.717, 1.165) is 50.6 Å². The fourth-order valence-electron chi connectivity index (χ4n) is 4.07. The molecular formula is C18H34N2O. The second-order valence-electron chi connectivity index (χ2n) is 7.29. The Bertz CT molecular complexity index is 310. The van der Waals surface area contributed by atoms with Crippen LogP contribution in [-0.4, -0.2) is 29.9 Å². The summed E-state index contributed by atoms with van der Waals surface area (Å²) in [5.74, 6) is 2.00. The van der Waals surface area contributed by atoms with E-state index in [4.69, 9.17) is 5.73 Å². The van der Waals surface area contributed by atoms with Gasteiger partial charge in [-0.1, -0.05) is 19.8 Å². The van der Waals surface area contributed by atoms with Crippen molar-refractivity contribution in [1.82, 2.24) is 4.90 Å². The molecule has 0 spiro atoms. The first kappa shape index (κ1) is 16.8. The van der Waals surface area contributed by atoms with Crippen molar-refractivity contribution in [2.75, 3.05) is 13.1 Å². The van der Waals surface area contributed by atoms with Crippen molar-refractivity contribution in [3.63, 3.8) is 0 Å². The first-order valence-corrected chi connectivity index (χ1v) is 9.22. The summed E-state index contributed by atoms with van der Waals surface area (Å²) in [4.78, 5) is 14.6. The molecule has 21 heavy (non-hydrogen) atoms. The van der Waals surface area contributed by atoms with Gasteiger partial charge >= 0.3 is 0 Å². The molecule has 1 heterocycles. The molecule has 1 saturated heterocycles. The molecule has 0 aromatic heterocycles. The van der Waals surface area contributed by atoms with Crippen molar-refractivity contribution >= 4 is 5.91 Å². The molecule has 0 aromatic rings. The number of rotatable bonds is 5. The largest absolute Gasteiger partial charge is 0.343 e. The van der Waals surface area contributed by atoms with E-state index in [0.29, 0.717) is 11.9 Å². The number of hydrogen-bond donors (Lipinski definition) is 1. The van der Waals surface area contributed by atoms with Gasteiger partial charge in [0.1, 0.15) is 0 Å². The van der Waals surface area contributed by atoms with Crippen LogP contribution in [0.5, 0.6) is 0 Å². The lowest BCUT2D eigenvalue weighted by molar-refractivity contribution is -0.131. The predicted octanol–water partition coefficient (Wildman–Crippen LogP) is 3.71. The van der Waals surface area contributed by atoms with Crippen molar-refractivity contribution in [2.24, 2.45) is 17.6 Å². The molecule has 2 rings (SSSR count). The van der Waals surface area contributed by atoms with Crippen LogP contribution in [0.25, 0.3) is 0 Å². The van der Waals surface area contributed by atoms with Gasteiger partial charge in [0, 0.05) is 25.6 Å². The topological polar surface area (TPSA) is 46.3 Å². The molecule has 1 unspecified atom stereocenters. The molecule has 2 fully saturated rings. The number of carbonyl (C=O) groups excluding carboxylic acids is 1. The summed E-state index contributed by atoms with van der Waals surface area (Å²) in [6.07, 6.45) is 13.0. The van der Waals surface area contributed by atoms with Crippen LogP contribution in [0.4, 0.5) is 0 Å². The zero-order valence-corrected chi connectivity index (χ0v) is 13.9.